The van der Waals surface area contributed by atoms with Crippen molar-refractivity contribution < 1.29 is 32.9 Å². The van der Waals surface area contributed by atoms with Crippen LogP contribution in [0.5, 0.6) is 0 Å². The number of phosphoric ester groups is 1. The van der Waals surface area contributed by atoms with Crippen molar-refractivity contribution in [3.05, 3.63) is 48.6 Å². The van der Waals surface area contributed by atoms with E-state index in [9.17, 15) is 19.4 Å². The monoisotopic (exact) mass is 935 g/mol. The Hall–Kier alpha value is -1.54. The Labute approximate surface area is 403 Å². The molecule has 0 aromatic heterocycles. The Morgan fingerprint density at radius 3 is 1.34 bits per heavy atom. The predicted molar refractivity (Wildman–Crippen MR) is 279 cm³/mol. The van der Waals surface area contributed by atoms with Gasteiger partial charge < -0.3 is 28.8 Å². The molecule has 0 spiro atoms. The lowest BCUT2D eigenvalue weighted by Gasteiger charge is -2.29. The van der Waals surface area contributed by atoms with Crippen LogP contribution in [0.1, 0.15) is 251 Å². The van der Waals surface area contributed by atoms with Gasteiger partial charge in [0, 0.05) is 6.42 Å². The van der Waals surface area contributed by atoms with Gasteiger partial charge in [-0.1, -0.05) is 229 Å². The number of phosphoric acid groups is 1. The SMILES string of the molecule is CCCCCCCCCCC/C=C\C/C=C\CCCCCCCCCCCCCC(=O)NC(COP(=O)([O-])OCC[N+](C)(C)C)C(O)/C=C/CC/C=C/CCCCCCCCCCCC. The molecular formula is C56H107N2O6P. The third-order valence-electron chi connectivity index (χ3n) is 12.3. The second-order valence-corrected chi connectivity index (χ2v) is 21.3. The number of nitrogens with one attached hydrogen (secondary N) is 1. The van der Waals surface area contributed by atoms with Crippen LogP contribution in [0.4, 0.5) is 0 Å². The highest BCUT2D eigenvalue weighted by atomic mass is 31.2. The van der Waals surface area contributed by atoms with E-state index in [0.717, 1.165) is 44.9 Å². The topological polar surface area (TPSA) is 108 Å². The van der Waals surface area contributed by atoms with E-state index in [4.69, 9.17) is 9.05 Å². The molecule has 0 radical (unpaired) electrons. The summed E-state index contributed by atoms with van der Waals surface area (Å²) >= 11 is 0. The van der Waals surface area contributed by atoms with Gasteiger partial charge in [-0.25, -0.2) is 0 Å². The molecule has 0 aliphatic rings. The van der Waals surface area contributed by atoms with Crippen LogP contribution in [0.2, 0.25) is 0 Å². The highest BCUT2D eigenvalue weighted by molar-refractivity contribution is 7.45. The van der Waals surface area contributed by atoms with Crippen LogP contribution >= 0.6 is 7.82 Å². The zero-order chi connectivity index (χ0) is 47.8. The standard InChI is InChI=1S/C56H107N2O6P/c1-6-8-10-12-14-16-18-20-22-24-25-26-27-28-29-30-31-32-33-34-36-38-40-42-44-46-48-50-56(60)57-54(53-64-65(61,62)63-52-51-58(3,4)5)55(59)49-47-45-43-41-39-37-35-23-21-19-17-15-13-11-9-7-2/h25-26,28-29,39,41,47,49,54-55,59H,6-24,27,30-38,40,42-46,48,50-53H2,1-5H3,(H-,57,60,61,62)/b26-25-,29-28-,41-39+,49-47+. The smallest absolute Gasteiger partial charge is 0.268 e. The quantitative estimate of drug-likeness (QED) is 0.0272. The molecule has 0 bridgehead atoms. The van der Waals surface area contributed by atoms with Crippen molar-refractivity contribution in [3.63, 3.8) is 0 Å². The largest absolute Gasteiger partial charge is 0.756 e. The molecule has 65 heavy (non-hydrogen) atoms. The molecule has 0 rings (SSSR count). The molecule has 1 amide bonds. The van der Waals surface area contributed by atoms with Crippen LogP contribution in [0.25, 0.3) is 0 Å². The van der Waals surface area contributed by atoms with E-state index in [1.807, 2.05) is 27.2 Å². The van der Waals surface area contributed by atoms with Gasteiger partial charge in [-0.2, -0.15) is 0 Å². The average Bonchev–Trinajstić information content (AvgIpc) is 3.26. The first-order chi connectivity index (χ1) is 31.5. The molecular weight excluding hydrogens is 828 g/mol. The summed E-state index contributed by atoms with van der Waals surface area (Å²) in [6.45, 7) is 4.64. The maximum absolute atomic E-state index is 12.9. The van der Waals surface area contributed by atoms with Gasteiger partial charge in [0.25, 0.3) is 7.82 Å². The number of carbonyl (C=O) groups is 1. The first kappa shape index (κ1) is 63.5. The lowest BCUT2D eigenvalue weighted by Crippen LogP contribution is -2.45. The Morgan fingerprint density at radius 2 is 0.908 bits per heavy atom. The highest BCUT2D eigenvalue weighted by Gasteiger charge is 2.23. The Bertz CT molecular complexity index is 1200. The summed E-state index contributed by atoms with van der Waals surface area (Å²) in [6.07, 6.45) is 61.8. The maximum atomic E-state index is 12.9. The summed E-state index contributed by atoms with van der Waals surface area (Å²) in [7, 11) is 1.24. The Balaban J connectivity index is 4.23. The molecule has 0 aromatic rings. The first-order valence-electron chi connectivity index (χ1n) is 27.5. The Morgan fingerprint density at radius 1 is 0.538 bits per heavy atom. The molecule has 0 saturated carbocycles. The molecule has 3 unspecified atom stereocenters. The number of allylic oxidation sites excluding steroid dienone is 7. The maximum Gasteiger partial charge on any atom is 0.268 e. The summed E-state index contributed by atoms with van der Waals surface area (Å²) in [5.41, 5.74) is 0. The second kappa shape index (κ2) is 47.5. The summed E-state index contributed by atoms with van der Waals surface area (Å²) in [5.74, 6) is -0.209. The van der Waals surface area contributed by atoms with E-state index >= 15 is 0 Å². The third kappa shape index (κ3) is 50.2. The van der Waals surface area contributed by atoms with Crippen molar-refractivity contribution in [3.8, 4) is 0 Å². The fourth-order valence-corrected chi connectivity index (χ4v) is 8.63. The lowest BCUT2D eigenvalue weighted by molar-refractivity contribution is -0.870. The van der Waals surface area contributed by atoms with Crippen LogP contribution in [0.15, 0.2) is 48.6 Å². The van der Waals surface area contributed by atoms with Crippen molar-refractivity contribution >= 4 is 13.7 Å². The number of carbonyl (C=O) groups excluding carboxylic acids is 1. The second-order valence-electron chi connectivity index (χ2n) is 19.9. The number of likely N-dealkylation sites (N-methyl/N-ethyl adjacent to an activating group) is 1. The molecule has 0 aliphatic heterocycles. The zero-order valence-electron chi connectivity index (χ0n) is 43.4. The third-order valence-corrected chi connectivity index (χ3v) is 13.2. The molecule has 0 saturated heterocycles. The van der Waals surface area contributed by atoms with E-state index in [-0.39, 0.29) is 12.5 Å². The van der Waals surface area contributed by atoms with E-state index in [2.05, 4.69) is 55.6 Å². The molecule has 0 fully saturated rings. The fourth-order valence-electron chi connectivity index (χ4n) is 7.91. The summed E-state index contributed by atoms with van der Waals surface area (Å²) in [5, 5.41) is 13.8. The number of amides is 1. The number of quaternary nitrogens is 1. The van der Waals surface area contributed by atoms with E-state index in [1.54, 1.807) is 6.08 Å². The van der Waals surface area contributed by atoms with Crippen LogP contribution in [0.3, 0.4) is 0 Å². The number of hydrogen-bond donors (Lipinski definition) is 2. The van der Waals surface area contributed by atoms with Crippen LogP contribution in [0, 0.1) is 0 Å². The Kier molecular flexibility index (Phi) is 46.4. The van der Waals surface area contributed by atoms with Gasteiger partial charge in [0.1, 0.15) is 13.2 Å². The van der Waals surface area contributed by atoms with Crippen molar-refractivity contribution in [2.75, 3.05) is 40.9 Å². The number of rotatable bonds is 50. The van der Waals surface area contributed by atoms with E-state index in [0.29, 0.717) is 17.4 Å². The van der Waals surface area contributed by atoms with Crippen molar-refractivity contribution in [2.45, 2.75) is 264 Å². The van der Waals surface area contributed by atoms with Gasteiger partial charge in [0.05, 0.1) is 39.9 Å². The van der Waals surface area contributed by atoms with Crippen molar-refractivity contribution in [1.29, 1.82) is 0 Å². The average molecular weight is 935 g/mol. The number of aliphatic hydroxyl groups excluding tert-OH is 1. The zero-order valence-corrected chi connectivity index (χ0v) is 44.3. The van der Waals surface area contributed by atoms with Gasteiger partial charge in [-0.15, -0.1) is 0 Å². The van der Waals surface area contributed by atoms with Crippen LogP contribution in [-0.2, 0) is 18.4 Å². The van der Waals surface area contributed by atoms with E-state index < -0.39 is 26.6 Å². The normalized spacial score (nSPS) is 14.4. The predicted octanol–water partition coefficient (Wildman–Crippen LogP) is 15.7. The summed E-state index contributed by atoms with van der Waals surface area (Å²) in [4.78, 5) is 25.4. The number of nitrogens with zero attached hydrogens (tertiary/aromatic N) is 1. The molecule has 0 heterocycles. The minimum Gasteiger partial charge on any atom is -0.756 e. The molecule has 0 aromatic carbocycles. The first-order valence-corrected chi connectivity index (χ1v) is 29.0. The molecule has 2 N–H and O–H groups in total. The number of unbranched alkanes of at least 4 members (excludes halogenated alkanes) is 31. The van der Waals surface area contributed by atoms with Crippen molar-refractivity contribution in [1.82, 2.24) is 5.32 Å². The lowest BCUT2D eigenvalue weighted by atomic mass is 10.0. The number of aliphatic hydroxyl groups is 1. The molecule has 9 heteroatoms. The number of hydrogen-bond acceptors (Lipinski definition) is 6. The van der Waals surface area contributed by atoms with Gasteiger partial charge in [-0.3, -0.25) is 9.36 Å². The molecule has 8 nitrogen and oxygen atoms in total. The van der Waals surface area contributed by atoms with Gasteiger partial charge in [0.2, 0.25) is 5.91 Å². The minimum atomic E-state index is -4.60. The van der Waals surface area contributed by atoms with Crippen LogP contribution in [-0.4, -0.2) is 68.5 Å². The van der Waals surface area contributed by atoms with E-state index in [1.165, 1.54) is 186 Å². The highest BCUT2D eigenvalue weighted by Crippen LogP contribution is 2.38. The molecule has 0 aliphatic carbocycles. The van der Waals surface area contributed by atoms with Gasteiger partial charge in [0.15, 0.2) is 0 Å². The summed E-state index contributed by atoms with van der Waals surface area (Å²) < 4.78 is 23.3. The van der Waals surface area contributed by atoms with Gasteiger partial charge in [-0.05, 0) is 64.2 Å². The molecule has 382 valence electrons. The summed E-state index contributed by atoms with van der Waals surface area (Å²) in [6, 6.07) is -0.905. The fraction of sp³-hybridized carbons (Fsp3) is 0.839. The van der Waals surface area contributed by atoms with Crippen LogP contribution < -0.4 is 10.2 Å². The molecule has 3 atom stereocenters. The van der Waals surface area contributed by atoms with Crippen molar-refractivity contribution in [2.24, 2.45) is 0 Å². The minimum absolute atomic E-state index is 0.00738. The van der Waals surface area contributed by atoms with Gasteiger partial charge >= 0.3 is 0 Å².